The molecule has 6 heteroatoms. The Morgan fingerprint density at radius 1 is 1.20 bits per heavy atom. The van der Waals surface area contributed by atoms with E-state index in [0.29, 0.717) is 17.7 Å². The summed E-state index contributed by atoms with van der Waals surface area (Å²) in [6.07, 6.45) is 0.0265. The molecule has 1 aliphatic heterocycles. The quantitative estimate of drug-likeness (QED) is 0.811. The van der Waals surface area contributed by atoms with E-state index in [-0.39, 0.29) is 12.5 Å². The molecule has 1 amide bonds. The van der Waals surface area contributed by atoms with Crippen molar-refractivity contribution in [1.29, 1.82) is 0 Å². The van der Waals surface area contributed by atoms with Crippen LogP contribution in [-0.4, -0.2) is 37.2 Å². The van der Waals surface area contributed by atoms with E-state index in [2.05, 4.69) is 10.1 Å². The molecule has 0 fully saturated rings. The van der Waals surface area contributed by atoms with Gasteiger partial charge in [0.15, 0.2) is 0 Å². The molecule has 0 radical (unpaired) electrons. The van der Waals surface area contributed by atoms with Crippen molar-refractivity contribution < 1.29 is 24.2 Å². The van der Waals surface area contributed by atoms with Crippen LogP contribution in [0.3, 0.4) is 0 Å². The summed E-state index contributed by atoms with van der Waals surface area (Å²) in [5.74, 6) is 0.0774. The zero-order chi connectivity index (χ0) is 17.8. The predicted octanol–water partition coefficient (Wildman–Crippen LogP) is 1.87. The van der Waals surface area contributed by atoms with E-state index in [1.165, 1.54) is 19.2 Å². The maximum atomic E-state index is 12.2. The van der Waals surface area contributed by atoms with E-state index in [4.69, 9.17) is 4.74 Å². The molecule has 0 saturated carbocycles. The van der Waals surface area contributed by atoms with Crippen LogP contribution in [0.5, 0.6) is 5.75 Å². The van der Waals surface area contributed by atoms with E-state index < -0.39 is 12.1 Å². The summed E-state index contributed by atoms with van der Waals surface area (Å²) in [6, 6.07) is 11.7. The van der Waals surface area contributed by atoms with E-state index in [1.54, 1.807) is 18.2 Å². The van der Waals surface area contributed by atoms with Crippen molar-refractivity contribution in [2.45, 2.75) is 12.5 Å². The van der Waals surface area contributed by atoms with Crippen LogP contribution in [-0.2, 0) is 11.2 Å². The Kier molecular flexibility index (Phi) is 5.00. The van der Waals surface area contributed by atoms with Gasteiger partial charge in [0.05, 0.1) is 25.4 Å². The topological polar surface area (TPSA) is 84.9 Å². The number of esters is 1. The van der Waals surface area contributed by atoms with Crippen LogP contribution in [0.15, 0.2) is 42.5 Å². The van der Waals surface area contributed by atoms with Gasteiger partial charge in [0.1, 0.15) is 5.75 Å². The number of ether oxygens (including phenoxy) is 2. The number of rotatable bonds is 5. The zero-order valence-electron chi connectivity index (χ0n) is 13.8. The molecule has 2 aromatic rings. The van der Waals surface area contributed by atoms with E-state index >= 15 is 0 Å². The third-order valence-corrected chi connectivity index (χ3v) is 4.12. The van der Waals surface area contributed by atoms with Gasteiger partial charge in [-0.15, -0.1) is 0 Å². The molecule has 25 heavy (non-hydrogen) atoms. The average molecular weight is 341 g/mol. The highest BCUT2D eigenvalue weighted by Gasteiger charge is 2.16. The molecule has 2 N–H and O–H groups in total. The number of hydrogen-bond acceptors (Lipinski definition) is 5. The maximum Gasteiger partial charge on any atom is 0.337 e. The van der Waals surface area contributed by atoms with Gasteiger partial charge < -0.3 is 19.9 Å². The zero-order valence-corrected chi connectivity index (χ0v) is 13.8. The first-order valence-corrected chi connectivity index (χ1v) is 7.99. The SMILES string of the molecule is COC(=O)c1ccc(C(=O)NC[C@@H](O)c2ccc3c(c2)CCO3)cc1. The summed E-state index contributed by atoms with van der Waals surface area (Å²) < 4.78 is 10.1. The molecule has 2 aromatic carbocycles. The van der Waals surface area contributed by atoms with Crippen LogP contribution in [0, 0.1) is 0 Å². The Balaban J connectivity index is 1.59. The standard InChI is InChI=1S/C19H19NO5/c1-24-19(23)13-4-2-12(3-5-13)18(22)20-11-16(21)14-6-7-17-15(10-14)8-9-25-17/h2-7,10,16,21H,8-9,11H2,1H3,(H,20,22)/t16-/m1/s1. The van der Waals surface area contributed by atoms with Crippen molar-refractivity contribution in [2.75, 3.05) is 20.3 Å². The number of fused-ring (bicyclic) bond motifs is 1. The summed E-state index contributed by atoms with van der Waals surface area (Å²) >= 11 is 0. The molecule has 130 valence electrons. The number of aliphatic hydroxyl groups is 1. The summed E-state index contributed by atoms with van der Waals surface area (Å²) in [5, 5.41) is 13.0. The highest BCUT2D eigenvalue weighted by Crippen LogP contribution is 2.28. The first-order valence-electron chi connectivity index (χ1n) is 7.99. The summed E-state index contributed by atoms with van der Waals surface area (Å²) in [4.78, 5) is 23.5. The molecule has 1 heterocycles. The minimum Gasteiger partial charge on any atom is -0.493 e. The van der Waals surface area contributed by atoms with E-state index in [9.17, 15) is 14.7 Å². The van der Waals surface area contributed by atoms with Crippen molar-refractivity contribution in [2.24, 2.45) is 0 Å². The first-order chi connectivity index (χ1) is 12.1. The molecule has 0 aromatic heterocycles. The van der Waals surface area contributed by atoms with Gasteiger partial charge in [-0.1, -0.05) is 6.07 Å². The molecule has 0 aliphatic carbocycles. The Labute approximate surface area is 145 Å². The maximum absolute atomic E-state index is 12.2. The van der Waals surface area contributed by atoms with Crippen LogP contribution in [0.2, 0.25) is 0 Å². The normalized spacial score (nSPS) is 13.5. The Morgan fingerprint density at radius 3 is 2.64 bits per heavy atom. The monoisotopic (exact) mass is 341 g/mol. The second kappa shape index (κ2) is 7.36. The van der Waals surface area contributed by atoms with Gasteiger partial charge in [0, 0.05) is 18.5 Å². The van der Waals surface area contributed by atoms with Crippen LogP contribution < -0.4 is 10.1 Å². The summed E-state index contributed by atoms with van der Waals surface area (Å²) in [5.41, 5.74) is 2.59. The fraction of sp³-hybridized carbons (Fsp3) is 0.263. The highest BCUT2D eigenvalue weighted by molar-refractivity contribution is 5.96. The van der Waals surface area contributed by atoms with Gasteiger partial charge >= 0.3 is 5.97 Å². The number of hydrogen-bond donors (Lipinski definition) is 2. The largest absolute Gasteiger partial charge is 0.493 e. The number of amides is 1. The molecular weight excluding hydrogens is 322 g/mol. The van der Waals surface area contributed by atoms with Gasteiger partial charge in [-0.3, -0.25) is 4.79 Å². The molecular formula is C19H19NO5. The van der Waals surface area contributed by atoms with E-state index in [1.807, 2.05) is 12.1 Å². The summed E-state index contributed by atoms with van der Waals surface area (Å²) in [7, 11) is 1.30. The lowest BCUT2D eigenvalue weighted by atomic mass is 10.0. The van der Waals surface area contributed by atoms with Crippen molar-refractivity contribution >= 4 is 11.9 Å². The lowest BCUT2D eigenvalue weighted by Crippen LogP contribution is -2.28. The number of carbonyl (C=O) groups excluding carboxylic acids is 2. The van der Waals surface area contributed by atoms with Crippen LogP contribution in [0.25, 0.3) is 0 Å². The van der Waals surface area contributed by atoms with E-state index in [0.717, 1.165) is 23.3 Å². The number of carbonyl (C=O) groups is 2. The van der Waals surface area contributed by atoms with Crippen molar-refractivity contribution in [1.82, 2.24) is 5.32 Å². The number of aliphatic hydroxyl groups excluding tert-OH is 1. The van der Waals surface area contributed by atoms with Gasteiger partial charge in [-0.2, -0.15) is 0 Å². The lowest BCUT2D eigenvalue weighted by Gasteiger charge is -2.13. The molecule has 6 nitrogen and oxygen atoms in total. The highest BCUT2D eigenvalue weighted by atomic mass is 16.5. The van der Waals surface area contributed by atoms with Crippen LogP contribution >= 0.6 is 0 Å². The Morgan fingerprint density at radius 2 is 1.92 bits per heavy atom. The Bertz CT molecular complexity index is 785. The first kappa shape index (κ1) is 17.0. The third kappa shape index (κ3) is 3.80. The van der Waals surface area contributed by atoms with Crippen molar-refractivity contribution in [3.63, 3.8) is 0 Å². The average Bonchev–Trinajstić information content (AvgIpc) is 3.13. The molecule has 0 spiro atoms. The molecule has 0 bridgehead atoms. The van der Waals surface area contributed by atoms with Gasteiger partial charge in [-0.05, 0) is 47.5 Å². The molecule has 0 saturated heterocycles. The van der Waals surface area contributed by atoms with Crippen LogP contribution in [0.4, 0.5) is 0 Å². The molecule has 1 atom stereocenters. The van der Waals surface area contributed by atoms with Gasteiger partial charge in [0.2, 0.25) is 0 Å². The van der Waals surface area contributed by atoms with Crippen LogP contribution in [0.1, 0.15) is 37.9 Å². The fourth-order valence-corrected chi connectivity index (χ4v) is 2.70. The van der Waals surface area contributed by atoms with Gasteiger partial charge in [-0.25, -0.2) is 4.79 Å². The second-order valence-corrected chi connectivity index (χ2v) is 5.76. The van der Waals surface area contributed by atoms with Gasteiger partial charge in [0.25, 0.3) is 5.91 Å². The number of nitrogens with one attached hydrogen (secondary N) is 1. The number of methoxy groups -OCH3 is 1. The minimum atomic E-state index is -0.802. The molecule has 3 rings (SSSR count). The minimum absolute atomic E-state index is 0.0945. The molecule has 1 aliphatic rings. The lowest BCUT2D eigenvalue weighted by molar-refractivity contribution is 0.0600. The fourth-order valence-electron chi connectivity index (χ4n) is 2.70. The predicted molar refractivity (Wildman–Crippen MR) is 90.7 cm³/mol. The third-order valence-electron chi connectivity index (χ3n) is 4.12. The Hall–Kier alpha value is -2.86. The number of benzene rings is 2. The second-order valence-electron chi connectivity index (χ2n) is 5.76. The molecule has 0 unspecified atom stereocenters. The van der Waals surface area contributed by atoms with Crippen molar-refractivity contribution in [3.8, 4) is 5.75 Å². The summed E-state index contributed by atoms with van der Waals surface area (Å²) in [6.45, 7) is 0.754. The van der Waals surface area contributed by atoms with Crippen molar-refractivity contribution in [3.05, 3.63) is 64.7 Å². The smallest absolute Gasteiger partial charge is 0.337 e.